The monoisotopic (exact) mass is 303 g/mol. The van der Waals surface area contributed by atoms with Crippen molar-refractivity contribution in [3.8, 4) is 0 Å². The third kappa shape index (κ3) is 3.38. The Bertz CT molecular complexity index is 603. The highest BCUT2D eigenvalue weighted by Gasteiger charge is 2.33. The fraction of sp³-hybridized carbons (Fsp3) is 0.500. The average molecular weight is 303 g/mol. The number of rotatable bonds is 6. The maximum atomic E-state index is 12.1. The van der Waals surface area contributed by atoms with E-state index < -0.39 is 37.8 Å². The molecule has 0 fully saturated rings. The first-order chi connectivity index (χ1) is 9.20. The smallest absolute Gasteiger partial charge is 0.371 e. The van der Waals surface area contributed by atoms with Gasteiger partial charge in [-0.15, -0.1) is 0 Å². The molecule has 7 nitrogen and oxygen atoms in total. The van der Waals surface area contributed by atoms with Crippen LogP contribution in [0.15, 0.2) is 21.6 Å². The summed E-state index contributed by atoms with van der Waals surface area (Å²) in [4.78, 5) is 22.5. The number of carbonyl (C=O) groups excluding carboxylic acids is 1. The molecular weight excluding hydrogens is 286 g/mol. The standard InChI is InChI=1S/C12H17NO6S/c1-4-7(2)13-11(14)8(3)20(17,18)10-6-5-9(19-10)12(15)16/h5-8H,4H2,1-3H3,(H,13,14)(H,15,16). The minimum atomic E-state index is -4.05. The lowest BCUT2D eigenvalue weighted by atomic mass is 10.2. The highest BCUT2D eigenvalue weighted by molar-refractivity contribution is 7.92. The zero-order valence-electron chi connectivity index (χ0n) is 11.4. The maximum absolute atomic E-state index is 12.1. The molecule has 1 aromatic heterocycles. The van der Waals surface area contributed by atoms with Gasteiger partial charge >= 0.3 is 5.97 Å². The van der Waals surface area contributed by atoms with Gasteiger partial charge in [0.15, 0.2) is 0 Å². The molecule has 0 aromatic carbocycles. The average Bonchev–Trinajstić information content (AvgIpc) is 2.87. The fourth-order valence-corrected chi connectivity index (χ4v) is 2.53. The molecule has 0 saturated carbocycles. The van der Waals surface area contributed by atoms with Gasteiger partial charge in [0, 0.05) is 6.04 Å². The van der Waals surface area contributed by atoms with Crippen molar-refractivity contribution in [3.63, 3.8) is 0 Å². The lowest BCUT2D eigenvalue weighted by Crippen LogP contribution is -2.41. The van der Waals surface area contributed by atoms with Crippen molar-refractivity contribution >= 4 is 21.7 Å². The molecule has 1 aromatic rings. The summed E-state index contributed by atoms with van der Waals surface area (Å²) in [5, 5.41) is 9.37. The van der Waals surface area contributed by atoms with Crippen LogP contribution in [0.2, 0.25) is 0 Å². The second-order valence-electron chi connectivity index (χ2n) is 4.43. The molecule has 1 heterocycles. The van der Waals surface area contributed by atoms with Crippen molar-refractivity contribution in [2.24, 2.45) is 0 Å². The molecule has 8 heteroatoms. The third-order valence-corrected chi connectivity index (χ3v) is 4.83. The number of sulfone groups is 1. The summed E-state index contributed by atoms with van der Waals surface area (Å²) in [5.74, 6) is -2.51. The number of amides is 1. The molecule has 2 N–H and O–H groups in total. The van der Waals surface area contributed by atoms with E-state index >= 15 is 0 Å². The predicted molar refractivity (Wildman–Crippen MR) is 70.2 cm³/mol. The Morgan fingerprint density at radius 3 is 2.40 bits per heavy atom. The van der Waals surface area contributed by atoms with Crippen LogP contribution >= 0.6 is 0 Å². The third-order valence-electron chi connectivity index (χ3n) is 2.91. The quantitative estimate of drug-likeness (QED) is 0.812. The van der Waals surface area contributed by atoms with E-state index in [2.05, 4.69) is 5.32 Å². The molecule has 0 aliphatic carbocycles. The van der Waals surface area contributed by atoms with Crippen LogP contribution < -0.4 is 5.32 Å². The van der Waals surface area contributed by atoms with Crippen LogP contribution in [-0.2, 0) is 14.6 Å². The Labute approximate surface area is 116 Å². The summed E-state index contributed by atoms with van der Waals surface area (Å²) >= 11 is 0. The first kappa shape index (κ1) is 16.2. The summed E-state index contributed by atoms with van der Waals surface area (Å²) in [5.41, 5.74) is 0. The number of hydrogen-bond acceptors (Lipinski definition) is 5. The van der Waals surface area contributed by atoms with E-state index in [1.807, 2.05) is 6.92 Å². The topological polar surface area (TPSA) is 114 Å². The summed E-state index contributed by atoms with van der Waals surface area (Å²) in [6.45, 7) is 4.85. The van der Waals surface area contributed by atoms with Gasteiger partial charge in [-0.3, -0.25) is 4.79 Å². The molecule has 0 saturated heterocycles. The van der Waals surface area contributed by atoms with E-state index in [9.17, 15) is 18.0 Å². The van der Waals surface area contributed by atoms with Crippen LogP contribution in [0.5, 0.6) is 0 Å². The van der Waals surface area contributed by atoms with Crippen LogP contribution in [0.25, 0.3) is 0 Å². The van der Waals surface area contributed by atoms with Gasteiger partial charge < -0.3 is 14.8 Å². The van der Waals surface area contributed by atoms with Crippen LogP contribution in [0, 0.1) is 0 Å². The Hall–Kier alpha value is -1.83. The molecule has 2 unspecified atom stereocenters. The normalized spacial score (nSPS) is 14.6. The first-order valence-corrected chi connectivity index (χ1v) is 7.62. The van der Waals surface area contributed by atoms with Gasteiger partial charge in [-0.25, -0.2) is 13.2 Å². The van der Waals surface area contributed by atoms with Gasteiger partial charge in [-0.05, 0) is 32.4 Å². The molecule has 20 heavy (non-hydrogen) atoms. The molecule has 0 aliphatic rings. The lowest BCUT2D eigenvalue weighted by molar-refractivity contribution is -0.121. The van der Waals surface area contributed by atoms with Gasteiger partial charge in [0.25, 0.3) is 0 Å². The summed E-state index contributed by atoms with van der Waals surface area (Å²) < 4.78 is 29.0. The molecular formula is C12H17NO6S. The van der Waals surface area contributed by atoms with Crippen molar-refractivity contribution in [1.29, 1.82) is 0 Å². The highest BCUT2D eigenvalue weighted by Crippen LogP contribution is 2.19. The molecule has 0 radical (unpaired) electrons. The number of hydrogen-bond donors (Lipinski definition) is 2. The van der Waals surface area contributed by atoms with Crippen LogP contribution in [0.4, 0.5) is 0 Å². The molecule has 0 bridgehead atoms. The molecule has 2 atom stereocenters. The van der Waals surface area contributed by atoms with Gasteiger partial charge in [-0.1, -0.05) is 6.92 Å². The van der Waals surface area contributed by atoms with Crippen LogP contribution in [0.3, 0.4) is 0 Å². The van der Waals surface area contributed by atoms with Crippen molar-refractivity contribution in [1.82, 2.24) is 5.32 Å². The number of carboxylic acids is 1. The predicted octanol–water partition coefficient (Wildman–Crippen LogP) is 1.05. The molecule has 0 aliphatic heterocycles. The minimum absolute atomic E-state index is 0.147. The van der Waals surface area contributed by atoms with E-state index in [1.54, 1.807) is 6.92 Å². The molecule has 0 spiro atoms. The van der Waals surface area contributed by atoms with Crippen molar-refractivity contribution in [2.75, 3.05) is 0 Å². The minimum Gasteiger partial charge on any atom is -0.475 e. The van der Waals surface area contributed by atoms with Crippen LogP contribution in [0.1, 0.15) is 37.7 Å². The zero-order chi connectivity index (χ0) is 15.5. The van der Waals surface area contributed by atoms with Gasteiger partial charge in [-0.2, -0.15) is 0 Å². The van der Waals surface area contributed by atoms with Crippen molar-refractivity contribution in [2.45, 2.75) is 43.6 Å². The number of aromatic carboxylic acids is 1. The van der Waals surface area contributed by atoms with E-state index in [4.69, 9.17) is 9.52 Å². The zero-order valence-corrected chi connectivity index (χ0v) is 12.2. The number of nitrogens with one attached hydrogen (secondary N) is 1. The van der Waals surface area contributed by atoms with E-state index in [1.165, 1.54) is 6.92 Å². The SMILES string of the molecule is CCC(C)NC(=O)C(C)S(=O)(=O)c1ccc(C(=O)O)o1. The lowest BCUT2D eigenvalue weighted by Gasteiger charge is -2.15. The van der Waals surface area contributed by atoms with Crippen molar-refractivity contribution < 1.29 is 27.5 Å². The Kier molecular flexibility index (Phi) is 4.93. The number of furan rings is 1. The highest BCUT2D eigenvalue weighted by atomic mass is 32.2. The molecule has 112 valence electrons. The number of carbonyl (C=O) groups is 2. The second-order valence-corrected chi connectivity index (χ2v) is 6.63. The summed E-state index contributed by atoms with van der Waals surface area (Å²) in [6, 6.07) is 1.92. The summed E-state index contributed by atoms with van der Waals surface area (Å²) in [7, 11) is -4.05. The van der Waals surface area contributed by atoms with Crippen molar-refractivity contribution in [3.05, 3.63) is 17.9 Å². The van der Waals surface area contributed by atoms with Gasteiger partial charge in [0.2, 0.25) is 26.6 Å². The molecule has 1 amide bonds. The van der Waals surface area contributed by atoms with E-state index in [0.29, 0.717) is 6.42 Å². The Morgan fingerprint density at radius 2 is 1.95 bits per heavy atom. The van der Waals surface area contributed by atoms with E-state index in [-0.39, 0.29) is 6.04 Å². The first-order valence-electron chi connectivity index (χ1n) is 6.07. The second kappa shape index (κ2) is 6.08. The van der Waals surface area contributed by atoms with Gasteiger partial charge in [0.1, 0.15) is 5.25 Å². The van der Waals surface area contributed by atoms with Crippen LogP contribution in [-0.4, -0.2) is 36.7 Å². The largest absolute Gasteiger partial charge is 0.475 e. The Balaban J connectivity index is 2.97. The van der Waals surface area contributed by atoms with E-state index in [0.717, 1.165) is 12.1 Å². The fourth-order valence-electron chi connectivity index (χ4n) is 1.37. The van der Waals surface area contributed by atoms with Gasteiger partial charge in [0.05, 0.1) is 0 Å². The Morgan fingerprint density at radius 1 is 1.35 bits per heavy atom. The molecule has 1 rings (SSSR count). The summed E-state index contributed by atoms with van der Waals surface area (Å²) in [6.07, 6.45) is 0.669. The maximum Gasteiger partial charge on any atom is 0.371 e. The number of carboxylic acid groups (broad SMARTS) is 1.